The number of hydrogen-bond acceptors (Lipinski definition) is 4. The van der Waals surface area contributed by atoms with Crippen molar-refractivity contribution in [3.8, 4) is 0 Å². The maximum atomic E-state index is 12.0. The molecule has 110 valence electrons. The minimum atomic E-state index is -0.403. The average molecular weight is 270 g/mol. The van der Waals surface area contributed by atoms with Crippen molar-refractivity contribution in [3.63, 3.8) is 0 Å². The van der Waals surface area contributed by atoms with E-state index in [9.17, 15) is 4.79 Å². The summed E-state index contributed by atoms with van der Waals surface area (Å²) in [6.45, 7) is 3.14. The lowest BCUT2D eigenvalue weighted by Gasteiger charge is -2.28. The van der Waals surface area contributed by atoms with Crippen LogP contribution in [0.2, 0.25) is 0 Å². The zero-order valence-corrected chi connectivity index (χ0v) is 11.8. The molecule has 2 atom stereocenters. The number of amides is 1. The monoisotopic (exact) mass is 270 g/mol. The Morgan fingerprint density at radius 3 is 2.74 bits per heavy atom. The first-order chi connectivity index (χ1) is 9.15. The molecule has 0 radical (unpaired) electrons. The summed E-state index contributed by atoms with van der Waals surface area (Å²) in [5.74, 6) is -0.0153. The van der Waals surface area contributed by atoms with Gasteiger partial charge in [-0.25, -0.2) is 0 Å². The summed E-state index contributed by atoms with van der Waals surface area (Å²) in [5, 5.41) is 3.05. The Kier molecular flexibility index (Phi) is 5.60. The molecule has 0 aromatic rings. The number of nitrogens with two attached hydrogens (primary N) is 1. The molecule has 19 heavy (non-hydrogen) atoms. The predicted octanol–water partition coefficient (Wildman–Crippen LogP) is 0.957. The van der Waals surface area contributed by atoms with Gasteiger partial charge in [-0.15, -0.1) is 0 Å². The minimum absolute atomic E-state index is 0.0153. The van der Waals surface area contributed by atoms with Gasteiger partial charge in [0.15, 0.2) is 0 Å². The first-order valence-corrected chi connectivity index (χ1v) is 7.44. The zero-order valence-electron chi connectivity index (χ0n) is 11.8. The fraction of sp³-hybridized carbons (Fsp3) is 0.929. The highest BCUT2D eigenvalue weighted by Crippen LogP contribution is 2.17. The van der Waals surface area contributed by atoms with Crippen molar-refractivity contribution < 1.29 is 14.3 Å². The van der Waals surface area contributed by atoms with Gasteiger partial charge in [-0.2, -0.15) is 0 Å². The smallest absolute Gasteiger partial charge is 0.249 e. The van der Waals surface area contributed by atoms with Crippen molar-refractivity contribution in [1.29, 1.82) is 0 Å². The molecule has 1 heterocycles. The van der Waals surface area contributed by atoms with Gasteiger partial charge >= 0.3 is 0 Å². The van der Waals surface area contributed by atoms with Crippen LogP contribution >= 0.6 is 0 Å². The van der Waals surface area contributed by atoms with Crippen LogP contribution in [0.15, 0.2) is 0 Å². The number of carbonyl (C=O) groups is 1. The third kappa shape index (κ3) is 4.75. The second-order valence-electron chi connectivity index (χ2n) is 5.73. The summed E-state index contributed by atoms with van der Waals surface area (Å²) >= 11 is 0. The van der Waals surface area contributed by atoms with Crippen molar-refractivity contribution in [2.75, 3.05) is 13.2 Å². The van der Waals surface area contributed by atoms with Gasteiger partial charge in [0.05, 0.1) is 12.7 Å². The third-order valence-electron chi connectivity index (χ3n) is 4.04. The van der Waals surface area contributed by atoms with Crippen LogP contribution in [-0.2, 0) is 14.3 Å². The Morgan fingerprint density at radius 1 is 1.37 bits per heavy atom. The van der Waals surface area contributed by atoms with Gasteiger partial charge in [-0.3, -0.25) is 4.79 Å². The maximum absolute atomic E-state index is 12.0. The molecule has 0 aromatic carbocycles. The van der Waals surface area contributed by atoms with Crippen LogP contribution in [0.25, 0.3) is 0 Å². The number of nitrogens with one attached hydrogen (secondary N) is 1. The van der Waals surface area contributed by atoms with Crippen molar-refractivity contribution >= 4 is 5.91 Å². The van der Waals surface area contributed by atoms with Crippen LogP contribution in [0, 0.1) is 0 Å². The molecule has 1 aliphatic carbocycles. The van der Waals surface area contributed by atoms with Crippen molar-refractivity contribution in [1.82, 2.24) is 5.32 Å². The highest BCUT2D eigenvalue weighted by molar-refractivity contribution is 5.80. The van der Waals surface area contributed by atoms with E-state index < -0.39 is 6.10 Å². The molecule has 5 heteroatoms. The lowest BCUT2D eigenvalue weighted by atomic mass is 9.92. The molecule has 1 aliphatic heterocycles. The fourth-order valence-electron chi connectivity index (χ4n) is 2.69. The second kappa shape index (κ2) is 7.22. The molecule has 1 amide bonds. The van der Waals surface area contributed by atoms with E-state index >= 15 is 0 Å². The van der Waals surface area contributed by atoms with Crippen LogP contribution in [0.3, 0.4) is 0 Å². The summed E-state index contributed by atoms with van der Waals surface area (Å²) in [4.78, 5) is 12.0. The molecule has 0 aromatic heterocycles. The Morgan fingerprint density at radius 2 is 2.11 bits per heavy atom. The Balaban J connectivity index is 1.64. The third-order valence-corrected chi connectivity index (χ3v) is 4.04. The van der Waals surface area contributed by atoms with E-state index in [2.05, 4.69) is 5.32 Å². The van der Waals surface area contributed by atoms with E-state index in [0.717, 1.165) is 45.1 Å². The standard InChI is InChI=1S/C14H26N2O3/c1-10(19-9-13-3-2-8-18-13)14(17)16-12-6-4-11(15)5-7-12/h10-13H,2-9,15H2,1H3,(H,16,17). The zero-order chi connectivity index (χ0) is 13.7. The van der Waals surface area contributed by atoms with E-state index in [-0.39, 0.29) is 18.1 Å². The van der Waals surface area contributed by atoms with Gasteiger partial charge in [0.1, 0.15) is 6.10 Å². The molecule has 2 rings (SSSR count). The van der Waals surface area contributed by atoms with Gasteiger partial charge in [0.2, 0.25) is 5.91 Å². The Labute approximate surface area is 115 Å². The summed E-state index contributed by atoms with van der Waals surface area (Å²) < 4.78 is 11.1. The SMILES string of the molecule is CC(OCC1CCCO1)C(=O)NC1CCC(N)CC1. The number of hydrogen-bond donors (Lipinski definition) is 2. The maximum Gasteiger partial charge on any atom is 0.249 e. The van der Waals surface area contributed by atoms with Crippen LogP contribution in [0.4, 0.5) is 0 Å². The molecule has 2 unspecified atom stereocenters. The van der Waals surface area contributed by atoms with Crippen molar-refractivity contribution in [3.05, 3.63) is 0 Å². The number of rotatable bonds is 5. The molecule has 0 bridgehead atoms. The first-order valence-electron chi connectivity index (χ1n) is 7.44. The van der Waals surface area contributed by atoms with E-state index in [1.807, 2.05) is 0 Å². The second-order valence-corrected chi connectivity index (χ2v) is 5.73. The van der Waals surface area contributed by atoms with E-state index in [4.69, 9.17) is 15.2 Å². The largest absolute Gasteiger partial charge is 0.376 e. The van der Waals surface area contributed by atoms with E-state index in [1.165, 1.54) is 0 Å². The highest BCUT2D eigenvalue weighted by atomic mass is 16.5. The lowest BCUT2D eigenvalue weighted by Crippen LogP contribution is -2.45. The van der Waals surface area contributed by atoms with Gasteiger partial charge in [-0.05, 0) is 45.4 Å². The number of carbonyl (C=O) groups excluding carboxylic acids is 1. The molecule has 1 saturated carbocycles. The molecular weight excluding hydrogens is 244 g/mol. The summed E-state index contributed by atoms with van der Waals surface area (Å²) in [5.41, 5.74) is 5.85. The minimum Gasteiger partial charge on any atom is -0.376 e. The topological polar surface area (TPSA) is 73.6 Å². The Hall–Kier alpha value is -0.650. The molecule has 2 fully saturated rings. The molecular formula is C14H26N2O3. The van der Waals surface area contributed by atoms with E-state index in [1.54, 1.807) is 6.92 Å². The molecule has 1 saturated heterocycles. The summed E-state index contributed by atoms with van der Waals surface area (Å²) in [7, 11) is 0. The number of ether oxygens (including phenoxy) is 2. The molecule has 2 aliphatic rings. The Bertz CT molecular complexity index is 284. The normalized spacial score (nSPS) is 33.1. The van der Waals surface area contributed by atoms with Crippen LogP contribution < -0.4 is 11.1 Å². The lowest BCUT2D eigenvalue weighted by molar-refractivity contribution is -0.134. The van der Waals surface area contributed by atoms with Gasteiger partial charge < -0.3 is 20.5 Å². The molecule has 3 N–H and O–H groups in total. The summed E-state index contributed by atoms with van der Waals surface area (Å²) in [6.07, 6.45) is 5.84. The molecule has 0 spiro atoms. The quantitative estimate of drug-likeness (QED) is 0.780. The van der Waals surface area contributed by atoms with Gasteiger partial charge in [0.25, 0.3) is 0 Å². The highest BCUT2D eigenvalue weighted by Gasteiger charge is 2.24. The predicted molar refractivity (Wildman–Crippen MR) is 72.8 cm³/mol. The molecule has 5 nitrogen and oxygen atoms in total. The van der Waals surface area contributed by atoms with Crippen molar-refractivity contribution in [2.45, 2.75) is 69.7 Å². The fourth-order valence-corrected chi connectivity index (χ4v) is 2.69. The van der Waals surface area contributed by atoms with Gasteiger partial charge in [0, 0.05) is 18.7 Å². The summed E-state index contributed by atoms with van der Waals surface area (Å²) in [6, 6.07) is 0.572. The van der Waals surface area contributed by atoms with Gasteiger partial charge in [-0.1, -0.05) is 0 Å². The average Bonchev–Trinajstić information content (AvgIpc) is 2.91. The first kappa shape index (κ1) is 14.8. The van der Waals surface area contributed by atoms with Crippen LogP contribution in [0.5, 0.6) is 0 Å². The van der Waals surface area contributed by atoms with Crippen LogP contribution in [0.1, 0.15) is 45.4 Å². The van der Waals surface area contributed by atoms with Crippen molar-refractivity contribution in [2.24, 2.45) is 5.73 Å². The van der Waals surface area contributed by atoms with E-state index in [0.29, 0.717) is 12.6 Å². The van der Waals surface area contributed by atoms with Crippen LogP contribution in [-0.4, -0.2) is 43.4 Å².